The number of anilines is 1. The standard InChI is InChI=1S/C19H16FNO4S/c1-25-13-4-2-3-11(7-13)12-5-6-17(16(20)8-12)21-18(22)14-9-26-10-15(14)19(23)24/h2-8H,9-10H2,1H3,(H,21,22)(H,23,24). The monoisotopic (exact) mass is 373 g/mol. The first-order chi connectivity index (χ1) is 12.5. The van der Waals surface area contributed by atoms with Gasteiger partial charge in [-0.2, -0.15) is 11.8 Å². The van der Waals surface area contributed by atoms with Crippen molar-refractivity contribution in [2.45, 2.75) is 0 Å². The topological polar surface area (TPSA) is 75.6 Å². The molecular weight excluding hydrogens is 357 g/mol. The van der Waals surface area contributed by atoms with E-state index in [0.29, 0.717) is 17.1 Å². The fourth-order valence-corrected chi connectivity index (χ4v) is 3.73. The van der Waals surface area contributed by atoms with Gasteiger partial charge in [0.05, 0.1) is 18.4 Å². The van der Waals surface area contributed by atoms with Crippen LogP contribution in [0.5, 0.6) is 5.75 Å². The Bertz CT molecular complexity index is 910. The van der Waals surface area contributed by atoms with Crippen molar-refractivity contribution < 1.29 is 23.8 Å². The Hall–Kier alpha value is -2.80. The lowest BCUT2D eigenvalue weighted by Gasteiger charge is -2.10. The second kappa shape index (κ2) is 7.61. The highest BCUT2D eigenvalue weighted by atomic mass is 32.2. The van der Waals surface area contributed by atoms with Gasteiger partial charge in [0.2, 0.25) is 0 Å². The molecule has 0 bridgehead atoms. The number of ether oxygens (including phenoxy) is 1. The molecule has 2 aromatic carbocycles. The predicted molar refractivity (Wildman–Crippen MR) is 99.0 cm³/mol. The van der Waals surface area contributed by atoms with Gasteiger partial charge in [-0.1, -0.05) is 18.2 Å². The number of hydrogen-bond donors (Lipinski definition) is 2. The van der Waals surface area contributed by atoms with Crippen LogP contribution in [0, 0.1) is 5.82 Å². The summed E-state index contributed by atoms with van der Waals surface area (Å²) < 4.78 is 19.6. The second-order valence-corrected chi connectivity index (χ2v) is 6.62. The normalized spacial score (nSPS) is 13.6. The summed E-state index contributed by atoms with van der Waals surface area (Å²) in [6, 6.07) is 11.7. The highest BCUT2D eigenvalue weighted by molar-refractivity contribution is 8.00. The van der Waals surface area contributed by atoms with Gasteiger partial charge in [-0.25, -0.2) is 9.18 Å². The number of hydrogen-bond acceptors (Lipinski definition) is 4. The molecular formula is C19H16FNO4S. The first-order valence-corrected chi connectivity index (χ1v) is 8.93. The second-order valence-electron chi connectivity index (χ2n) is 5.64. The zero-order valence-corrected chi connectivity index (χ0v) is 14.7. The third-order valence-corrected chi connectivity index (χ3v) is 5.00. The molecule has 3 rings (SSSR count). The van der Waals surface area contributed by atoms with Crippen LogP contribution in [0.1, 0.15) is 0 Å². The zero-order chi connectivity index (χ0) is 18.7. The SMILES string of the molecule is COc1cccc(-c2ccc(NC(=O)C3=C(C(=O)O)CSC3)c(F)c2)c1. The van der Waals surface area contributed by atoms with Crippen molar-refractivity contribution in [2.24, 2.45) is 0 Å². The smallest absolute Gasteiger partial charge is 0.332 e. The maximum Gasteiger partial charge on any atom is 0.332 e. The largest absolute Gasteiger partial charge is 0.497 e. The van der Waals surface area contributed by atoms with Gasteiger partial charge >= 0.3 is 5.97 Å². The molecule has 2 N–H and O–H groups in total. The molecule has 7 heteroatoms. The van der Waals surface area contributed by atoms with Gasteiger partial charge in [-0.05, 0) is 35.4 Å². The molecule has 0 spiro atoms. The summed E-state index contributed by atoms with van der Waals surface area (Å²) in [6.07, 6.45) is 0. The molecule has 2 aromatic rings. The number of aliphatic carboxylic acids is 1. The van der Waals surface area contributed by atoms with Crippen LogP contribution in [0.15, 0.2) is 53.6 Å². The fourth-order valence-electron chi connectivity index (χ4n) is 2.62. The van der Waals surface area contributed by atoms with Crippen LogP contribution in [0.3, 0.4) is 0 Å². The maximum absolute atomic E-state index is 14.4. The number of carboxylic acids is 1. The van der Waals surface area contributed by atoms with Gasteiger partial charge in [0.15, 0.2) is 0 Å². The Kier molecular flexibility index (Phi) is 5.27. The Morgan fingerprint density at radius 2 is 1.85 bits per heavy atom. The van der Waals surface area contributed by atoms with Crippen molar-refractivity contribution >= 4 is 29.3 Å². The first-order valence-electron chi connectivity index (χ1n) is 7.78. The summed E-state index contributed by atoms with van der Waals surface area (Å²) in [5.74, 6) is -1.06. The molecule has 0 radical (unpaired) electrons. The van der Waals surface area contributed by atoms with Gasteiger partial charge in [0.25, 0.3) is 5.91 Å². The minimum atomic E-state index is -1.12. The summed E-state index contributed by atoms with van der Waals surface area (Å²) in [5, 5.41) is 11.6. The highest BCUT2D eigenvalue weighted by Gasteiger charge is 2.26. The van der Waals surface area contributed by atoms with Crippen LogP contribution < -0.4 is 10.1 Å². The molecule has 0 saturated carbocycles. The summed E-state index contributed by atoms with van der Waals surface area (Å²) in [4.78, 5) is 23.4. The quantitative estimate of drug-likeness (QED) is 0.838. The number of carbonyl (C=O) groups excluding carboxylic acids is 1. The van der Waals surface area contributed by atoms with Crippen LogP contribution >= 0.6 is 11.8 Å². The predicted octanol–water partition coefficient (Wildman–Crippen LogP) is 3.57. The Morgan fingerprint density at radius 3 is 2.54 bits per heavy atom. The molecule has 0 atom stereocenters. The number of amides is 1. The molecule has 1 aliphatic rings. The number of carboxylic acid groups (broad SMARTS) is 1. The lowest BCUT2D eigenvalue weighted by molar-refractivity contribution is -0.132. The average Bonchev–Trinajstić information content (AvgIpc) is 3.13. The third kappa shape index (κ3) is 3.72. The van der Waals surface area contributed by atoms with Gasteiger partial charge in [0.1, 0.15) is 11.6 Å². The van der Waals surface area contributed by atoms with Crippen molar-refractivity contribution in [3.8, 4) is 16.9 Å². The lowest BCUT2D eigenvalue weighted by Crippen LogP contribution is -2.18. The molecule has 0 aromatic heterocycles. The molecule has 26 heavy (non-hydrogen) atoms. The van der Waals surface area contributed by atoms with Crippen molar-refractivity contribution in [1.29, 1.82) is 0 Å². The van der Waals surface area contributed by atoms with E-state index in [9.17, 15) is 14.0 Å². The van der Waals surface area contributed by atoms with Crippen molar-refractivity contribution in [1.82, 2.24) is 0 Å². The third-order valence-electron chi connectivity index (χ3n) is 4.01. The molecule has 1 amide bonds. The lowest BCUT2D eigenvalue weighted by atomic mass is 10.0. The van der Waals surface area contributed by atoms with Crippen LogP contribution in [-0.4, -0.2) is 35.6 Å². The highest BCUT2D eigenvalue weighted by Crippen LogP contribution is 2.29. The number of thioether (sulfide) groups is 1. The Balaban J connectivity index is 1.83. The van der Waals surface area contributed by atoms with Gasteiger partial charge in [-0.15, -0.1) is 0 Å². The van der Waals surface area contributed by atoms with Crippen LogP contribution in [-0.2, 0) is 9.59 Å². The van der Waals surface area contributed by atoms with Crippen molar-refractivity contribution in [2.75, 3.05) is 23.9 Å². The van der Waals surface area contributed by atoms with Gasteiger partial charge < -0.3 is 15.2 Å². The Labute approximate surface area is 153 Å². The molecule has 0 aliphatic carbocycles. The van der Waals surface area contributed by atoms with Crippen LogP contribution in [0.4, 0.5) is 10.1 Å². The average molecular weight is 373 g/mol. The molecule has 0 fully saturated rings. The minimum Gasteiger partial charge on any atom is -0.497 e. The summed E-state index contributed by atoms with van der Waals surface area (Å²) >= 11 is 1.34. The summed E-state index contributed by atoms with van der Waals surface area (Å²) in [5.41, 5.74) is 1.68. The number of halogens is 1. The molecule has 1 aliphatic heterocycles. The fraction of sp³-hybridized carbons (Fsp3) is 0.158. The van der Waals surface area contributed by atoms with Crippen LogP contribution in [0.25, 0.3) is 11.1 Å². The number of rotatable bonds is 5. The van der Waals surface area contributed by atoms with E-state index in [2.05, 4.69) is 5.32 Å². The molecule has 134 valence electrons. The summed E-state index contributed by atoms with van der Waals surface area (Å²) in [7, 11) is 1.56. The molecule has 0 saturated heterocycles. The van der Waals surface area contributed by atoms with E-state index in [1.165, 1.54) is 23.9 Å². The summed E-state index contributed by atoms with van der Waals surface area (Å²) in [6.45, 7) is 0. The number of nitrogens with one attached hydrogen (secondary N) is 1. The minimum absolute atomic E-state index is 0.00999. The van der Waals surface area contributed by atoms with Crippen LogP contribution in [0.2, 0.25) is 0 Å². The van der Waals surface area contributed by atoms with E-state index < -0.39 is 17.7 Å². The number of carbonyl (C=O) groups is 2. The van der Waals surface area contributed by atoms with Gasteiger partial charge in [0, 0.05) is 17.1 Å². The van der Waals surface area contributed by atoms with E-state index in [4.69, 9.17) is 9.84 Å². The molecule has 1 heterocycles. The molecule has 5 nitrogen and oxygen atoms in total. The molecule has 0 unspecified atom stereocenters. The van der Waals surface area contributed by atoms with E-state index in [1.807, 2.05) is 6.07 Å². The van der Waals surface area contributed by atoms with E-state index in [-0.39, 0.29) is 22.6 Å². The van der Waals surface area contributed by atoms with E-state index in [1.54, 1.807) is 31.4 Å². The van der Waals surface area contributed by atoms with E-state index in [0.717, 1.165) is 5.56 Å². The maximum atomic E-state index is 14.4. The number of methoxy groups -OCH3 is 1. The Morgan fingerprint density at radius 1 is 1.12 bits per heavy atom. The first kappa shape index (κ1) is 18.0. The van der Waals surface area contributed by atoms with Crippen molar-refractivity contribution in [3.05, 3.63) is 59.4 Å². The van der Waals surface area contributed by atoms with Gasteiger partial charge in [-0.3, -0.25) is 4.79 Å². The van der Waals surface area contributed by atoms with E-state index >= 15 is 0 Å². The number of benzene rings is 2. The van der Waals surface area contributed by atoms with Crippen molar-refractivity contribution in [3.63, 3.8) is 0 Å². The zero-order valence-electron chi connectivity index (χ0n) is 13.9.